The van der Waals surface area contributed by atoms with Gasteiger partial charge in [0.2, 0.25) is 5.91 Å². The molecule has 1 atom stereocenters. The van der Waals surface area contributed by atoms with E-state index in [1.54, 1.807) is 6.92 Å². The van der Waals surface area contributed by atoms with Crippen LogP contribution in [0.3, 0.4) is 0 Å². The minimum atomic E-state index is 0.0830. The Balaban J connectivity index is 1.77. The van der Waals surface area contributed by atoms with Gasteiger partial charge in [-0.1, -0.05) is 0 Å². The van der Waals surface area contributed by atoms with Crippen LogP contribution in [0.5, 0.6) is 0 Å². The lowest BCUT2D eigenvalue weighted by Gasteiger charge is -2.17. The lowest BCUT2D eigenvalue weighted by molar-refractivity contribution is -0.116. The van der Waals surface area contributed by atoms with Gasteiger partial charge in [-0.3, -0.25) is 4.79 Å². The van der Waals surface area contributed by atoms with Crippen molar-refractivity contribution in [1.82, 2.24) is 0 Å². The average Bonchev–Trinajstić information content (AvgIpc) is 3.04. The molecule has 0 bridgehead atoms. The Kier molecular flexibility index (Phi) is 3.76. The van der Waals surface area contributed by atoms with Crippen LogP contribution in [0.4, 0.5) is 11.4 Å². The van der Waals surface area contributed by atoms with E-state index >= 15 is 0 Å². The van der Waals surface area contributed by atoms with E-state index in [9.17, 15) is 4.79 Å². The molecule has 3 rings (SSSR count). The third-order valence-electron chi connectivity index (χ3n) is 3.76. The Labute approximate surface area is 132 Å². The number of benzene rings is 1. The number of rotatable bonds is 3. The third kappa shape index (κ3) is 2.83. The van der Waals surface area contributed by atoms with Gasteiger partial charge in [0.15, 0.2) is 4.67 Å². The number of nitrogens with zero attached hydrogens (tertiary/aromatic N) is 1. The van der Waals surface area contributed by atoms with Gasteiger partial charge in [0.05, 0.1) is 6.04 Å². The van der Waals surface area contributed by atoms with Crippen LogP contribution in [0.15, 0.2) is 39.4 Å². The molecule has 1 aliphatic heterocycles. The molecule has 1 aromatic heterocycles. The first-order valence-corrected chi connectivity index (χ1v) is 7.76. The fourth-order valence-corrected chi connectivity index (χ4v) is 3.02. The molecule has 2 heterocycles. The van der Waals surface area contributed by atoms with Crippen molar-refractivity contribution in [2.45, 2.75) is 26.3 Å². The lowest BCUT2D eigenvalue weighted by atomic mass is 10.1. The van der Waals surface area contributed by atoms with Crippen LogP contribution < -0.4 is 10.2 Å². The normalized spacial score (nSPS) is 14.9. The summed E-state index contributed by atoms with van der Waals surface area (Å²) < 4.78 is 6.29. The summed E-state index contributed by atoms with van der Waals surface area (Å²) in [5.74, 6) is 0.982. The van der Waals surface area contributed by atoms with Gasteiger partial charge in [-0.2, -0.15) is 0 Å². The van der Waals surface area contributed by atoms with E-state index in [-0.39, 0.29) is 11.9 Å². The Hall–Kier alpha value is -1.75. The molecule has 0 saturated carbocycles. The summed E-state index contributed by atoms with van der Waals surface area (Å²) in [4.78, 5) is 13.4. The molecule has 21 heavy (non-hydrogen) atoms. The largest absolute Gasteiger partial charge is 0.452 e. The van der Waals surface area contributed by atoms with Crippen molar-refractivity contribution in [2.75, 3.05) is 16.8 Å². The van der Waals surface area contributed by atoms with Crippen LogP contribution in [0.2, 0.25) is 0 Å². The third-order valence-corrected chi connectivity index (χ3v) is 4.19. The van der Waals surface area contributed by atoms with Gasteiger partial charge >= 0.3 is 0 Å². The minimum absolute atomic E-state index is 0.0830. The second-order valence-electron chi connectivity index (χ2n) is 5.27. The number of carbonyl (C=O) groups excluding carboxylic acids is 1. The molecule has 0 spiro atoms. The molecular formula is C16H17BrN2O2. The van der Waals surface area contributed by atoms with Crippen LogP contribution >= 0.6 is 15.9 Å². The Bertz CT molecular complexity index is 681. The molecule has 1 aliphatic rings. The molecule has 0 saturated heterocycles. The molecule has 4 nitrogen and oxygen atoms in total. The fourth-order valence-electron chi connectivity index (χ4n) is 2.70. The number of nitrogens with one attached hydrogen (secondary N) is 1. The Morgan fingerprint density at radius 1 is 1.38 bits per heavy atom. The number of furan rings is 1. The van der Waals surface area contributed by atoms with Gasteiger partial charge in [0.1, 0.15) is 5.76 Å². The average molecular weight is 349 g/mol. The van der Waals surface area contributed by atoms with Crippen LogP contribution in [0.1, 0.15) is 31.2 Å². The van der Waals surface area contributed by atoms with Crippen molar-refractivity contribution in [3.63, 3.8) is 0 Å². The van der Waals surface area contributed by atoms with Gasteiger partial charge in [-0.05, 0) is 65.2 Å². The maximum Gasteiger partial charge on any atom is 0.223 e. The number of amides is 1. The number of carbonyl (C=O) groups is 1. The van der Waals surface area contributed by atoms with E-state index in [2.05, 4.69) is 34.2 Å². The molecule has 0 fully saturated rings. The van der Waals surface area contributed by atoms with E-state index in [0.29, 0.717) is 0 Å². The Morgan fingerprint density at radius 3 is 2.86 bits per heavy atom. The molecule has 0 radical (unpaired) electrons. The van der Waals surface area contributed by atoms with Gasteiger partial charge in [-0.15, -0.1) is 0 Å². The first-order valence-electron chi connectivity index (χ1n) is 6.97. The minimum Gasteiger partial charge on any atom is -0.452 e. The fraction of sp³-hybridized carbons (Fsp3) is 0.312. The molecule has 1 amide bonds. The van der Waals surface area contributed by atoms with Crippen molar-refractivity contribution < 1.29 is 9.21 Å². The van der Waals surface area contributed by atoms with E-state index < -0.39 is 0 Å². The summed E-state index contributed by atoms with van der Waals surface area (Å²) in [6.07, 6.45) is 0.908. The number of hydrogen-bond acceptors (Lipinski definition) is 3. The predicted octanol–water partition coefficient (Wildman–Crippen LogP) is 4.12. The molecule has 2 aromatic rings. The number of hydrogen-bond donors (Lipinski definition) is 1. The van der Waals surface area contributed by atoms with Crippen molar-refractivity contribution in [1.29, 1.82) is 0 Å². The summed E-state index contributed by atoms with van der Waals surface area (Å²) in [7, 11) is 0. The molecule has 1 aromatic carbocycles. The summed E-state index contributed by atoms with van der Waals surface area (Å²) in [6.45, 7) is 4.44. The zero-order chi connectivity index (χ0) is 15.0. The quantitative estimate of drug-likeness (QED) is 0.907. The SMILES string of the molecule is CC(=O)N1CCc2cc(NC(C)c3ccc(Br)o3)ccc21. The highest BCUT2D eigenvalue weighted by Gasteiger charge is 2.22. The van der Waals surface area contributed by atoms with Gasteiger partial charge in [-0.25, -0.2) is 0 Å². The van der Waals surface area contributed by atoms with E-state index in [1.165, 1.54) is 5.56 Å². The van der Waals surface area contributed by atoms with Crippen molar-refractivity contribution in [3.8, 4) is 0 Å². The maximum absolute atomic E-state index is 11.6. The van der Waals surface area contributed by atoms with E-state index in [1.807, 2.05) is 29.2 Å². The second kappa shape index (κ2) is 5.56. The summed E-state index contributed by atoms with van der Waals surface area (Å²) in [5, 5.41) is 3.43. The Morgan fingerprint density at radius 2 is 2.19 bits per heavy atom. The lowest BCUT2D eigenvalue weighted by Crippen LogP contribution is -2.25. The van der Waals surface area contributed by atoms with Crippen molar-refractivity contribution >= 4 is 33.2 Å². The number of halogens is 1. The molecule has 5 heteroatoms. The van der Waals surface area contributed by atoms with Crippen LogP contribution in [0.25, 0.3) is 0 Å². The highest BCUT2D eigenvalue weighted by Crippen LogP contribution is 2.32. The molecule has 110 valence electrons. The van der Waals surface area contributed by atoms with Crippen LogP contribution in [0, 0.1) is 0 Å². The number of anilines is 2. The predicted molar refractivity (Wildman–Crippen MR) is 86.6 cm³/mol. The maximum atomic E-state index is 11.6. The van der Waals surface area contributed by atoms with Gasteiger partial charge in [0, 0.05) is 24.8 Å². The zero-order valence-electron chi connectivity index (χ0n) is 12.0. The molecule has 0 aliphatic carbocycles. The van der Waals surface area contributed by atoms with Gasteiger partial charge in [0.25, 0.3) is 0 Å². The van der Waals surface area contributed by atoms with Gasteiger partial charge < -0.3 is 14.6 Å². The smallest absolute Gasteiger partial charge is 0.223 e. The van der Waals surface area contributed by atoms with Crippen LogP contribution in [-0.4, -0.2) is 12.5 Å². The van der Waals surface area contributed by atoms with Crippen LogP contribution in [-0.2, 0) is 11.2 Å². The van der Waals surface area contributed by atoms with Crippen molar-refractivity contribution in [2.24, 2.45) is 0 Å². The number of fused-ring (bicyclic) bond motifs is 1. The molecule has 1 N–H and O–H groups in total. The summed E-state index contributed by atoms with van der Waals surface area (Å²) in [5.41, 5.74) is 3.28. The second-order valence-corrected chi connectivity index (χ2v) is 6.05. The molecular weight excluding hydrogens is 332 g/mol. The highest BCUT2D eigenvalue weighted by molar-refractivity contribution is 9.10. The van der Waals surface area contributed by atoms with E-state index in [0.717, 1.165) is 34.8 Å². The molecule has 1 unspecified atom stereocenters. The van der Waals surface area contributed by atoms with E-state index in [4.69, 9.17) is 4.42 Å². The first-order chi connectivity index (χ1) is 10.0. The zero-order valence-corrected chi connectivity index (χ0v) is 13.6. The first kappa shape index (κ1) is 14.2. The van der Waals surface area contributed by atoms with Crippen molar-refractivity contribution in [3.05, 3.63) is 46.3 Å². The standard InChI is InChI=1S/C16H17BrN2O2/c1-10(15-5-6-16(17)21-15)18-13-3-4-14-12(9-13)7-8-19(14)11(2)20/h3-6,9-10,18H,7-8H2,1-2H3. The highest BCUT2D eigenvalue weighted by atomic mass is 79.9. The summed E-state index contributed by atoms with van der Waals surface area (Å²) in [6, 6.07) is 10.1. The monoisotopic (exact) mass is 348 g/mol. The summed E-state index contributed by atoms with van der Waals surface area (Å²) >= 11 is 3.31. The topological polar surface area (TPSA) is 45.5 Å².